The Kier molecular flexibility index (Phi) is 6.29. The van der Waals surface area contributed by atoms with E-state index in [1.807, 2.05) is 43.1 Å². The molecule has 1 unspecified atom stereocenters. The van der Waals surface area contributed by atoms with Crippen molar-refractivity contribution in [2.45, 2.75) is 32.8 Å². The largest absolute Gasteiger partial charge is 0.479 e. The second kappa shape index (κ2) is 8.96. The molecule has 3 heterocycles. The maximum Gasteiger partial charge on any atom is 0.242 e. The van der Waals surface area contributed by atoms with Crippen LogP contribution < -0.4 is 4.74 Å². The van der Waals surface area contributed by atoms with Gasteiger partial charge in [0.25, 0.3) is 0 Å². The highest BCUT2D eigenvalue weighted by molar-refractivity contribution is 9.10. The summed E-state index contributed by atoms with van der Waals surface area (Å²) in [5, 5.41) is 5.32. The minimum atomic E-state index is -0.0908. The Hall–Kier alpha value is -2.45. The number of amides is 1. The number of fused-ring (bicyclic) bond motifs is 1. The van der Waals surface area contributed by atoms with Crippen molar-refractivity contribution >= 4 is 32.9 Å². The molecule has 164 valence electrons. The Balaban J connectivity index is 1.48. The summed E-state index contributed by atoms with van der Waals surface area (Å²) in [5.74, 6) is 0.711. The van der Waals surface area contributed by atoms with Crippen molar-refractivity contribution in [2.24, 2.45) is 7.05 Å². The van der Waals surface area contributed by atoms with Gasteiger partial charge in [-0.1, -0.05) is 28.1 Å². The maximum absolute atomic E-state index is 13.0. The molecule has 31 heavy (non-hydrogen) atoms. The molecule has 1 aliphatic heterocycles. The van der Waals surface area contributed by atoms with E-state index in [4.69, 9.17) is 14.5 Å². The topological polar surface area (TPSA) is 69.5 Å². The van der Waals surface area contributed by atoms with Crippen molar-refractivity contribution in [3.8, 4) is 5.88 Å². The van der Waals surface area contributed by atoms with E-state index in [2.05, 4.69) is 28.0 Å². The standard InChI is InChI=1S/C23H27BrN4O3/c1-14-18(15(2)25-22-21(14)23(30-4)26-27(22)3)9-10-20(29)28-11-12-31-19(13-28)16-5-7-17(24)8-6-16/h5-8,19H,9-13H2,1-4H3. The number of benzene rings is 1. The summed E-state index contributed by atoms with van der Waals surface area (Å²) in [4.78, 5) is 19.7. The molecule has 0 bridgehead atoms. The molecule has 7 nitrogen and oxygen atoms in total. The number of ether oxygens (including phenoxy) is 2. The fraction of sp³-hybridized carbons (Fsp3) is 0.435. The summed E-state index contributed by atoms with van der Waals surface area (Å²) in [5.41, 5.74) is 4.98. The zero-order chi connectivity index (χ0) is 22.1. The van der Waals surface area contributed by atoms with Crippen molar-refractivity contribution in [3.05, 3.63) is 51.1 Å². The minimum Gasteiger partial charge on any atom is -0.479 e. The van der Waals surface area contributed by atoms with Crippen molar-refractivity contribution in [2.75, 3.05) is 26.8 Å². The van der Waals surface area contributed by atoms with Gasteiger partial charge in [0.05, 0.1) is 25.6 Å². The molecule has 2 aromatic heterocycles. The van der Waals surface area contributed by atoms with Crippen LogP contribution in [0.15, 0.2) is 28.7 Å². The van der Waals surface area contributed by atoms with E-state index in [0.717, 1.165) is 37.9 Å². The Morgan fingerprint density at radius 2 is 2.03 bits per heavy atom. The molecule has 0 radical (unpaired) electrons. The van der Waals surface area contributed by atoms with Gasteiger partial charge in [0, 0.05) is 30.2 Å². The highest BCUT2D eigenvalue weighted by Crippen LogP contribution is 2.31. The van der Waals surface area contributed by atoms with Crippen LogP contribution in [0, 0.1) is 13.8 Å². The number of morpholine rings is 1. The summed E-state index contributed by atoms with van der Waals surface area (Å²) < 4.78 is 14.1. The number of pyridine rings is 1. The Bertz CT molecular complexity index is 1110. The van der Waals surface area contributed by atoms with E-state index in [1.54, 1.807) is 11.8 Å². The number of nitrogens with zero attached hydrogens (tertiary/aromatic N) is 4. The Morgan fingerprint density at radius 1 is 1.29 bits per heavy atom. The fourth-order valence-corrected chi connectivity index (χ4v) is 4.52. The van der Waals surface area contributed by atoms with Gasteiger partial charge < -0.3 is 14.4 Å². The van der Waals surface area contributed by atoms with Crippen molar-refractivity contribution in [3.63, 3.8) is 0 Å². The molecule has 1 saturated heterocycles. The number of carbonyl (C=O) groups excluding carboxylic acids is 1. The van der Waals surface area contributed by atoms with E-state index in [-0.39, 0.29) is 12.0 Å². The number of halogens is 1. The first-order chi connectivity index (χ1) is 14.9. The lowest BCUT2D eigenvalue weighted by molar-refractivity contribution is -0.139. The molecule has 0 spiro atoms. The van der Waals surface area contributed by atoms with Gasteiger partial charge in [-0.3, -0.25) is 4.79 Å². The lowest BCUT2D eigenvalue weighted by Crippen LogP contribution is -2.42. The lowest BCUT2D eigenvalue weighted by Gasteiger charge is -2.33. The van der Waals surface area contributed by atoms with Gasteiger partial charge >= 0.3 is 0 Å². The van der Waals surface area contributed by atoms with Crippen LogP contribution in [0.25, 0.3) is 11.0 Å². The first-order valence-electron chi connectivity index (χ1n) is 10.4. The summed E-state index contributed by atoms with van der Waals surface area (Å²) in [6.07, 6.45) is 0.981. The second-order valence-electron chi connectivity index (χ2n) is 7.88. The zero-order valence-corrected chi connectivity index (χ0v) is 19.9. The van der Waals surface area contributed by atoms with Crippen LogP contribution in [0.5, 0.6) is 5.88 Å². The molecule has 1 atom stereocenters. The fourth-order valence-electron chi connectivity index (χ4n) is 4.25. The molecular formula is C23H27BrN4O3. The highest BCUT2D eigenvalue weighted by Gasteiger charge is 2.26. The number of hydrogen-bond acceptors (Lipinski definition) is 5. The first-order valence-corrected chi connectivity index (χ1v) is 11.2. The molecule has 0 aliphatic carbocycles. The first kappa shape index (κ1) is 21.8. The lowest BCUT2D eigenvalue weighted by atomic mass is 9.99. The van der Waals surface area contributed by atoms with Crippen LogP contribution in [-0.4, -0.2) is 52.4 Å². The Labute approximate surface area is 190 Å². The maximum atomic E-state index is 13.0. The third kappa shape index (κ3) is 4.32. The molecule has 4 rings (SSSR count). The molecule has 1 fully saturated rings. The summed E-state index contributed by atoms with van der Waals surface area (Å²) in [7, 11) is 3.48. The van der Waals surface area contributed by atoms with Gasteiger partial charge in [-0.05, 0) is 49.1 Å². The van der Waals surface area contributed by atoms with Gasteiger partial charge in [-0.25, -0.2) is 9.67 Å². The predicted molar refractivity (Wildman–Crippen MR) is 122 cm³/mol. The normalized spacial score (nSPS) is 16.7. The monoisotopic (exact) mass is 486 g/mol. The summed E-state index contributed by atoms with van der Waals surface area (Å²) >= 11 is 3.46. The molecular weight excluding hydrogens is 460 g/mol. The van der Waals surface area contributed by atoms with Gasteiger partial charge in [-0.2, -0.15) is 0 Å². The molecule has 8 heteroatoms. The summed E-state index contributed by atoms with van der Waals surface area (Å²) in [6, 6.07) is 8.08. The molecule has 1 aliphatic rings. The van der Waals surface area contributed by atoms with Crippen LogP contribution in [-0.2, 0) is 23.0 Å². The average molecular weight is 487 g/mol. The van der Waals surface area contributed by atoms with Crippen LogP contribution in [0.2, 0.25) is 0 Å². The van der Waals surface area contributed by atoms with E-state index < -0.39 is 0 Å². The molecule has 0 saturated carbocycles. The van der Waals surface area contributed by atoms with Gasteiger partial charge in [0.2, 0.25) is 11.8 Å². The van der Waals surface area contributed by atoms with Crippen molar-refractivity contribution < 1.29 is 14.3 Å². The van der Waals surface area contributed by atoms with Crippen LogP contribution in [0.1, 0.15) is 34.9 Å². The van der Waals surface area contributed by atoms with Gasteiger partial charge in [0.1, 0.15) is 6.10 Å². The van der Waals surface area contributed by atoms with E-state index in [0.29, 0.717) is 38.4 Å². The van der Waals surface area contributed by atoms with Crippen molar-refractivity contribution in [1.82, 2.24) is 19.7 Å². The van der Waals surface area contributed by atoms with Crippen LogP contribution in [0.4, 0.5) is 0 Å². The van der Waals surface area contributed by atoms with Crippen molar-refractivity contribution in [1.29, 1.82) is 0 Å². The van der Waals surface area contributed by atoms with E-state index >= 15 is 0 Å². The quantitative estimate of drug-likeness (QED) is 0.547. The molecule has 1 amide bonds. The molecule has 3 aromatic rings. The van der Waals surface area contributed by atoms with Crippen LogP contribution >= 0.6 is 15.9 Å². The number of carbonyl (C=O) groups is 1. The minimum absolute atomic E-state index is 0.0908. The molecule has 0 N–H and O–H groups in total. The third-order valence-corrected chi connectivity index (χ3v) is 6.49. The highest BCUT2D eigenvalue weighted by atomic mass is 79.9. The van der Waals surface area contributed by atoms with E-state index in [1.165, 1.54) is 0 Å². The molecule has 1 aromatic carbocycles. The van der Waals surface area contributed by atoms with Gasteiger partial charge in [0.15, 0.2) is 5.65 Å². The summed E-state index contributed by atoms with van der Waals surface area (Å²) in [6.45, 7) is 5.79. The smallest absolute Gasteiger partial charge is 0.242 e. The number of hydrogen-bond donors (Lipinski definition) is 0. The zero-order valence-electron chi connectivity index (χ0n) is 18.3. The average Bonchev–Trinajstić information content (AvgIpc) is 3.09. The second-order valence-corrected chi connectivity index (χ2v) is 8.80. The SMILES string of the molecule is COc1nn(C)c2nc(C)c(CCC(=O)N3CCOC(c4ccc(Br)cc4)C3)c(C)c12. The van der Waals surface area contributed by atoms with Crippen LogP contribution in [0.3, 0.4) is 0 Å². The number of methoxy groups -OCH3 is 1. The Morgan fingerprint density at radius 3 is 2.74 bits per heavy atom. The number of rotatable bonds is 5. The predicted octanol–water partition coefficient (Wildman–Crippen LogP) is 3.89. The number of aromatic nitrogens is 3. The van der Waals surface area contributed by atoms with E-state index in [9.17, 15) is 4.79 Å². The van der Waals surface area contributed by atoms with Gasteiger partial charge in [-0.15, -0.1) is 5.10 Å². The third-order valence-electron chi connectivity index (χ3n) is 5.97. The number of aryl methyl sites for hydroxylation is 3.